The number of allylic oxidation sites excluding steroid dienone is 1. The first-order valence-corrected chi connectivity index (χ1v) is 11.0. The van der Waals surface area contributed by atoms with Crippen LogP contribution in [0.25, 0.3) is 10.4 Å². The lowest BCUT2D eigenvalue weighted by Gasteiger charge is -2.41. The number of hydrogen-bond donors (Lipinski definition) is 0. The van der Waals surface area contributed by atoms with Crippen LogP contribution in [0.3, 0.4) is 0 Å². The molecule has 11 heteroatoms. The molecule has 3 aliphatic rings. The van der Waals surface area contributed by atoms with E-state index in [0.29, 0.717) is 6.54 Å². The van der Waals surface area contributed by atoms with Gasteiger partial charge in [0.25, 0.3) is 0 Å². The first kappa shape index (κ1) is 24.3. The summed E-state index contributed by atoms with van der Waals surface area (Å²) in [6, 6.07) is 6.49. The minimum Gasteiger partial charge on any atom is -0.372 e. The molecule has 2 heterocycles. The number of amides is 1. The molecule has 1 aromatic rings. The van der Waals surface area contributed by atoms with Gasteiger partial charge in [0.1, 0.15) is 6.61 Å². The lowest BCUT2D eigenvalue weighted by atomic mass is 9.80. The van der Waals surface area contributed by atoms with Gasteiger partial charge in [-0.15, -0.1) is 0 Å². The zero-order valence-electron chi connectivity index (χ0n) is 18.2. The van der Waals surface area contributed by atoms with Crippen LogP contribution in [-0.4, -0.2) is 61.2 Å². The topological polar surface area (TPSA) is 87.5 Å². The number of fused-ring (bicyclic) bond motifs is 1. The third-order valence-electron chi connectivity index (χ3n) is 6.52. The molecule has 4 rings (SSSR count). The molecule has 0 saturated carbocycles. The molecule has 1 amide bonds. The highest BCUT2D eigenvalue weighted by molar-refractivity contribution is 5.55. The predicted molar refractivity (Wildman–Crippen MR) is 114 cm³/mol. The molecule has 34 heavy (non-hydrogen) atoms. The highest BCUT2D eigenvalue weighted by Gasteiger charge is 2.45. The Morgan fingerprint density at radius 2 is 2.15 bits per heavy atom. The van der Waals surface area contributed by atoms with Gasteiger partial charge in [0.05, 0.1) is 30.9 Å². The monoisotopic (exact) mass is 480 g/mol. The maximum Gasteiger partial charge on any atom is 0.411 e. The first-order valence-electron chi connectivity index (χ1n) is 11.0. The molecule has 5 atom stereocenters. The molecule has 1 unspecified atom stereocenters. The third kappa shape index (κ3) is 5.11. The third-order valence-corrected chi connectivity index (χ3v) is 6.52. The second-order valence-corrected chi connectivity index (χ2v) is 8.66. The predicted octanol–water partition coefficient (Wildman–Crippen LogP) is 4.75. The van der Waals surface area contributed by atoms with Gasteiger partial charge in [-0.2, -0.15) is 13.2 Å². The maximum absolute atomic E-state index is 15.9. The Morgan fingerprint density at radius 3 is 2.82 bits per heavy atom. The molecule has 0 aromatic heterocycles. The van der Waals surface area contributed by atoms with Crippen LogP contribution in [0.1, 0.15) is 30.0 Å². The quantitative estimate of drug-likeness (QED) is 0.194. The molecule has 2 aliphatic heterocycles. The van der Waals surface area contributed by atoms with E-state index in [0.717, 1.165) is 29.5 Å². The lowest BCUT2D eigenvalue weighted by Crippen LogP contribution is -2.50. The summed E-state index contributed by atoms with van der Waals surface area (Å²) in [4.78, 5) is 16.1. The summed E-state index contributed by atoms with van der Waals surface area (Å²) >= 11 is 0. The summed E-state index contributed by atoms with van der Waals surface area (Å²) in [6.07, 6.45) is -0.593. The first-order chi connectivity index (χ1) is 16.2. The molecule has 7 nitrogen and oxygen atoms in total. The fourth-order valence-electron chi connectivity index (χ4n) is 4.80. The Labute approximate surface area is 193 Å². The van der Waals surface area contributed by atoms with Gasteiger partial charge in [-0.25, -0.2) is 4.39 Å². The van der Waals surface area contributed by atoms with E-state index in [1.165, 1.54) is 6.08 Å². The molecular weight excluding hydrogens is 456 g/mol. The molecule has 0 radical (unpaired) electrons. The summed E-state index contributed by atoms with van der Waals surface area (Å²) in [5, 5.41) is 3.53. The number of halogens is 4. The van der Waals surface area contributed by atoms with Crippen LogP contribution in [0.15, 0.2) is 53.2 Å². The van der Waals surface area contributed by atoms with E-state index in [4.69, 9.17) is 15.0 Å². The highest BCUT2D eigenvalue weighted by Crippen LogP contribution is 2.41. The van der Waals surface area contributed by atoms with E-state index in [1.807, 2.05) is 24.3 Å². The van der Waals surface area contributed by atoms with Gasteiger partial charge in [0.2, 0.25) is 6.41 Å². The summed E-state index contributed by atoms with van der Waals surface area (Å²) < 4.78 is 63.8. The van der Waals surface area contributed by atoms with Crippen molar-refractivity contribution >= 4 is 6.41 Å². The summed E-state index contributed by atoms with van der Waals surface area (Å²) in [5.41, 5.74) is 9.78. The average molecular weight is 480 g/mol. The zero-order valence-corrected chi connectivity index (χ0v) is 18.2. The highest BCUT2D eigenvalue weighted by atomic mass is 19.4. The van der Waals surface area contributed by atoms with Crippen LogP contribution in [0.4, 0.5) is 17.6 Å². The molecular formula is C23H24F4N4O3. The number of carbonyl (C=O) groups excluding carboxylic acids is 1. The van der Waals surface area contributed by atoms with Crippen molar-refractivity contribution in [1.82, 2.24) is 4.90 Å². The summed E-state index contributed by atoms with van der Waals surface area (Å²) in [7, 11) is 0. The van der Waals surface area contributed by atoms with Crippen molar-refractivity contribution in [3.05, 3.63) is 69.6 Å². The van der Waals surface area contributed by atoms with Crippen molar-refractivity contribution in [2.45, 2.75) is 55.4 Å². The van der Waals surface area contributed by atoms with Crippen LogP contribution >= 0.6 is 0 Å². The van der Waals surface area contributed by atoms with Gasteiger partial charge in [-0.1, -0.05) is 41.5 Å². The van der Waals surface area contributed by atoms with Gasteiger partial charge >= 0.3 is 6.18 Å². The molecule has 0 spiro atoms. The standard InChI is InChI=1S/C23H24F4N4O3/c24-22(20-11-18(29-30-28)19(12-33-20)34-13-23(25,26)27)8-5-16(6-9-22)21-17-4-2-1-3-15(17)7-10-31(21)14-32/h1-6,8,14,18-21H,7,9-13H2/t18-,19-,20+,21-,22?/m0/s1. The van der Waals surface area contributed by atoms with E-state index in [1.54, 1.807) is 17.1 Å². The molecule has 1 aliphatic carbocycles. The van der Waals surface area contributed by atoms with Gasteiger partial charge in [0, 0.05) is 17.9 Å². The fraction of sp³-hybridized carbons (Fsp3) is 0.522. The van der Waals surface area contributed by atoms with Gasteiger partial charge in [0.15, 0.2) is 5.67 Å². The number of hydrogen-bond acceptors (Lipinski definition) is 4. The molecule has 0 bridgehead atoms. The number of ether oxygens (including phenoxy) is 2. The Hall–Kier alpha value is -2.88. The minimum absolute atomic E-state index is 0.0497. The van der Waals surface area contributed by atoms with Gasteiger partial charge < -0.3 is 14.4 Å². The normalized spacial score (nSPS) is 31.3. The minimum atomic E-state index is -4.54. The van der Waals surface area contributed by atoms with Crippen LogP contribution in [-0.2, 0) is 20.7 Å². The van der Waals surface area contributed by atoms with Gasteiger partial charge in [-0.05, 0) is 41.1 Å². The van der Waals surface area contributed by atoms with Crippen molar-refractivity contribution in [3.8, 4) is 0 Å². The molecule has 1 fully saturated rings. The van der Waals surface area contributed by atoms with Crippen LogP contribution in [0, 0.1) is 0 Å². The Bertz CT molecular complexity index is 1020. The second-order valence-electron chi connectivity index (χ2n) is 8.66. The number of rotatable bonds is 6. The average Bonchev–Trinajstić information content (AvgIpc) is 2.83. The van der Waals surface area contributed by atoms with Crippen molar-refractivity contribution in [1.29, 1.82) is 0 Å². The Balaban J connectivity index is 1.48. The van der Waals surface area contributed by atoms with Gasteiger partial charge in [-0.3, -0.25) is 4.79 Å². The van der Waals surface area contributed by atoms with Crippen molar-refractivity contribution in [2.75, 3.05) is 19.8 Å². The molecule has 182 valence electrons. The molecule has 1 aromatic carbocycles. The Morgan fingerprint density at radius 1 is 1.35 bits per heavy atom. The van der Waals surface area contributed by atoms with Crippen molar-refractivity contribution in [3.63, 3.8) is 0 Å². The second kappa shape index (κ2) is 9.77. The van der Waals surface area contributed by atoms with E-state index in [2.05, 4.69) is 10.0 Å². The summed E-state index contributed by atoms with van der Waals surface area (Å²) in [6.45, 7) is -1.28. The van der Waals surface area contributed by atoms with E-state index in [9.17, 15) is 18.0 Å². The van der Waals surface area contributed by atoms with E-state index >= 15 is 4.39 Å². The Kier molecular flexibility index (Phi) is 6.97. The molecule has 1 saturated heterocycles. The van der Waals surface area contributed by atoms with Crippen molar-refractivity contribution in [2.24, 2.45) is 5.11 Å². The molecule has 0 N–H and O–H groups in total. The van der Waals surface area contributed by atoms with E-state index < -0.39 is 36.7 Å². The number of nitrogens with zero attached hydrogens (tertiary/aromatic N) is 4. The number of azide groups is 1. The zero-order chi connectivity index (χ0) is 24.3. The number of benzene rings is 1. The number of carbonyl (C=O) groups is 1. The lowest BCUT2D eigenvalue weighted by molar-refractivity contribution is -0.206. The van der Waals surface area contributed by atoms with E-state index in [-0.39, 0.29) is 25.5 Å². The maximum atomic E-state index is 15.9. The number of alkyl halides is 4. The van der Waals surface area contributed by atoms with Crippen molar-refractivity contribution < 1.29 is 31.8 Å². The van der Waals surface area contributed by atoms with Crippen LogP contribution in [0.5, 0.6) is 0 Å². The van der Waals surface area contributed by atoms with Crippen LogP contribution in [0.2, 0.25) is 0 Å². The summed E-state index contributed by atoms with van der Waals surface area (Å²) in [5.74, 6) is 0. The SMILES string of the molecule is [N-]=[N+]=N[C@H]1C[C@H](C2(F)C=CC([C@H]3c4ccccc4CCN3C=O)=CC2)OC[C@@H]1OCC(F)(F)F. The fourth-order valence-corrected chi connectivity index (χ4v) is 4.80. The largest absolute Gasteiger partial charge is 0.411 e. The van der Waals surface area contributed by atoms with Crippen LogP contribution < -0.4 is 0 Å². The smallest absolute Gasteiger partial charge is 0.372 e.